The monoisotopic (exact) mass is 544 g/mol. The van der Waals surface area contributed by atoms with Gasteiger partial charge in [-0.05, 0) is 59.7 Å². The second-order valence-corrected chi connectivity index (χ2v) is 10.5. The number of anilines is 2. The fourth-order valence-electron chi connectivity index (χ4n) is 6.87. The number of methoxy groups -OCH3 is 1. The fraction of sp³-hybridized carbons (Fsp3) is 0.147. The van der Waals surface area contributed by atoms with Crippen LogP contribution in [0.5, 0.6) is 5.75 Å². The normalized spacial score (nSPS) is 23.5. The highest BCUT2D eigenvalue weighted by molar-refractivity contribution is 6.18. The van der Waals surface area contributed by atoms with E-state index in [0.29, 0.717) is 22.6 Å². The number of ketones is 2. The molecule has 3 heterocycles. The van der Waals surface area contributed by atoms with Crippen LogP contribution >= 0.6 is 0 Å². The number of carbonyl (C=O) groups excluding carboxylic acids is 3. The van der Waals surface area contributed by atoms with E-state index in [1.807, 2.05) is 59.5 Å². The first-order valence-corrected chi connectivity index (χ1v) is 13.4. The Hall–Kier alpha value is -5.04. The predicted octanol–water partition coefficient (Wildman–Crippen LogP) is 5.69. The van der Waals surface area contributed by atoms with Crippen molar-refractivity contribution in [3.05, 3.63) is 131 Å². The number of hydrogen-bond donors (Lipinski definition) is 1. The van der Waals surface area contributed by atoms with Crippen LogP contribution < -0.4 is 15.0 Å². The van der Waals surface area contributed by atoms with Crippen molar-refractivity contribution in [3.8, 4) is 5.75 Å². The molecule has 6 nitrogen and oxygen atoms in total. The van der Waals surface area contributed by atoms with Gasteiger partial charge in [0.05, 0.1) is 24.6 Å². The Kier molecular flexibility index (Phi) is 5.64. The van der Waals surface area contributed by atoms with Crippen molar-refractivity contribution in [1.82, 2.24) is 0 Å². The van der Waals surface area contributed by atoms with E-state index in [-0.39, 0.29) is 11.3 Å². The lowest BCUT2D eigenvalue weighted by molar-refractivity contribution is -0.121. The van der Waals surface area contributed by atoms with Gasteiger partial charge in [-0.2, -0.15) is 0 Å². The maximum atomic E-state index is 15.3. The van der Waals surface area contributed by atoms with Crippen LogP contribution in [0.3, 0.4) is 0 Å². The van der Waals surface area contributed by atoms with Crippen LogP contribution in [0.25, 0.3) is 6.08 Å². The summed E-state index contributed by atoms with van der Waals surface area (Å²) in [6.45, 7) is 0. The SMILES string of the molecule is COc1ccc(C(=O)[C@@H]2[C@H](C(=O)c3ccccc3F)[C@]3(C(=O)Nc4ccccc43)[C@H]3C=Cc4ccccc4N23)cc1. The molecule has 0 unspecified atom stereocenters. The minimum Gasteiger partial charge on any atom is -0.497 e. The summed E-state index contributed by atoms with van der Waals surface area (Å²) in [6.07, 6.45) is 3.82. The zero-order valence-corrected chi connectivity index (χ0v) is 22.1. The lowest BCUT2D eigenvalue weighted by Crippen LogP contribution is -2.51. The number of hydrogen-bond acceptors (Lipinski definition) is 5. The van der Waals surface area contributed by atoms with Gasteiger partial charge in [-0.1, -0.05) is 60.7 Å². The molecule has 41 heavy (non-hydrogen) atoms. The Labute approximate surface area is 236 Å². The molecule has 0 radical (unpaired) electrons. The number of halogens is 1. The minimum absolute atomic E-state index is 0.154. The molecule has 4 atom stereocenters. The molecule has 7 rings (SSSR count). The van der Waals surface area contributed by atoms with Crippen LogP contribution in [0.15, 0.2) is 103 Å². The number of Topliss-reactive ketones (excluding diaryl/α,β-unsaturated/α-hetero) is 2. The quantitative estimate of drug-likeness (QED) is 0.327. The van der Waals surface area contributed by atoms with E-state index in [1.165, 1.54) is 18.2 Å². The summed E-state index contributed by atoms with van der Waals surface area (Å²) in [6, 6.07) is 25.4. The molecular weight excluding hydrogens is 519 g/mol. The van der Waals surface area contributed by atoms with E-state index in [4.69, 9.17) is 4.74 Å². The van der Waals surface area contributed by atoms with Gasteiger partial charge in [0.15, 0.2) is 11.6 Å². The highest BCUT2D eigenvalue weighted by atomic mass is 19.1. The lowest BCUT2D eigenvalue weighted by atomic mass is 9.64. The lowest BCUT2D eigenvalue weighted by Gasteiger charge is -2.37. The van der Waals surface area contributed by atoms with E-state index >= 15 is 4.39 Å². The maximum absolute atomic E-state index is 15.3. The molecule has 1 amide bonds. The van der Waals surface area contributed by atoms with E-state index < -0.39 is 40.9 Å². The Balaban J connectivity index is 1.53. The first-order chi connectivity index (χ1) is 20.0. The first-order valence-electron chi connectivity index (χ1n) is 13.4. The summed E-state index contributed by atoms with van der Waals surface area (Å²) in [5.74, 6) is -2.68. The number of rotatable bonds is 5. The highest BCUT2D eigenvalue weighted by Gasteiger charge is 2.70. The third-order valence-corrected chi connectivity index (χ3v) is 8.61. The van der Waals surface area contributed by atoms with E-state index in [9.17, 15) is 14.4 Å². The van der Waals surface area contributed by atoms with Gasteiger partial charge in [0.1, 0.15) is 23.0 Å². The van der Waals surface area contributed by atoms with Crippen molar-refractivity contribution in [2.24, 2.45) is 5.92 Å². The van der Waals surface area contributed by atoms with Crippen molar-refractivity contribution < 1.29 is 23.5 Å². The van der Waals surface area contributed by atoms with Crippen molar-refractivity contribution in [2.75, 3.05) is 17.3 Å². The smallest absolute Gasteiger partial charge is 0.238 e. The van der Waals surface area contributed by atoms with Gasteiger partial charge in [0.25, 0.3) is 0 Å². The van der Waals surface area contributed by atoms with Crippen LogP contribution in [-0.2, 0) is 10.2 Å². The standard InChI is InChI=1S/C34H25FN2O4/c1-41-22-17-14-21(15-18-22)31(38)30-29(32(39)23-9-3-5-11-25(23)35)34(24-10-4-6-12-26(24)36-33(34)40)28-19-16-20-8-2-7-13-27(20)37(28)30/h2-19,28-30H,1H3,(H,36,40)/t28-,29-,30+,34-/m1/s1. The van der Waals surface area contributed by atoms with Gasteiger partial charge in [-0.3, -0.25) is 14.4 Å². The zero-order valence-electron chi connectivity index (χ0n) is 22.1. The molecule has 3 aliphatic rings. The molecule has 1 fully saturated rings. The van der Waals surface area contributed by atoms with Gasteiger partial charge in [0.2, 0.25) is 5.91 Å². The van der Waals surface area contributed by atoms with E-state index in [0.717, 1.165) is 11.3 Å². The second kappa shape index (κ2) is 9.27. The van der Waals surface area contributed by atoms with Crippen molar-refractivity contribution >= 4 is 34.9 Å². The number of para-hydroxylation sites is 2. The van der Waals surface area contributed by atoms with Gasteiger partial charge in [-0.25, -0.2) is 4.39 Å². The molecular formula is C34H25FN2O4. The van der Waals surface area contributed by atoms with E-state index in [1.54, 1.807) is 43.5 Å². The Morgan fingerprint density at radius 1 is 0.878 bits per heavy atom. The van der Waals surface area contributed by atoms with Gasteiger partial charge in [0, 0.05) is 16.9 Å². The van der Waals surface area contributed by atoms with Crippen LogP contribution in [0, 0.1) is 11.7 Å². The molecule has 3 aliphatic heterocycles. The minimum atomic E-state index is -1.49. The Morgan fingerprint density at radius 3 is 2.37 bits per heavy atom. The maximum Gasteiger partial charge on any atom is 0.238 e. The van der Waals surface area contributed by atoms with Gasteiger partial charge >= 0.3 is 0 Å². The van der Waals surface area contributed by atoms with Crippen molar-refractivity contribution in [3.63, 3.8) is 0 Å². The summed E-state index contributed by atoms with van der Waals surface area (Å²) in [5.41, 5.74) is 1.49. The molecule has 0 bridgehead atoms. The van der Waals surface area contributed by atoms with Crippen LogP contribution in [0.1, 0.15) is 31.8 Å². The molecule has 0 aliphatic carbocycles. The topological polar surface area (TPSA) is 75.7 Å². The Bertz CT molecular complexity index is 1760. The number of nitrogens with zero attached hydrogens (tertiary/aromatic N) is 1. The van der Waals surface area contributed by atoms with Crippen molar-refractivity contribution in [1.29, 1.82) is 0 Å². The molecule has 4 aromatic carbocycles. The van der Waals surface area contributed by atoms with Gasteiger partial charge in [-0.15, -0.1) is 0 Å². The molecule has 4 aromatic rings. The average Bonchev–Trinajstić information content (AvgIpc) is 3.49. The van der Waals surface area contributed by atoms with Crippen LogP contribution in [0.4, 0.5) is 15.8 Å². The summed E-state index contributed by atoms with van der Waals surface area (Å²) in [7, 11) is 1.54. The molecule has 1 N–H and O–H groups in total. The molecule has 0 saturated carbocycles. The molecule has 0 aromatic heterocycles. The summed E-state index contributed by atoms with van der Waals surface area (Å²) >= 11 is 0. The number of fused-ring (bicyclic) bond motifs is 6. The predicted molar refractivity (Wildman–Crippen MR) is 154 cm³/mol. The number of benzene rings is 4. The zero-order chi connectivity index (χ0) is 28.3. The number of ether oxygens (including phenoxy) is 1. The van der Waals surface area contributed by atoms with Gasteiger partial charge < -0.3 is 15.0 Å². The van der Waals surface area contributed by atoms with Crippen LogP contribution in [-0.4, -0.2) is 36.7 Å². The number of nitrogens with one attached hydrogen (secondary N) is 1. The molecule has 1 saturated heterocycles. The average molecular weight is 545 g/mol. The molecule has 1 spiro atoms. The number of amides is 1. The summed E-state index contributed by atoms with van der Waals surface area (Å²) in [5, 5.41) is 2.98. The van der Waals surface area contributed by atoms with Crippen molar-refractivity contribution in [2.45, 2.75) is 17.5 Å². The van der Waals surface area contributed by atoms with Crippen LogP contribution in [0.2, 0.25) is 0 Å². The largest absolute Gasteiger partial charge is 0.497 e. The third kappa shape index (κ3) is 3.45. The fourth-order valence-corrected chi connectivity index (χ4v) is 6.87. The second-order valence-electron chi connectivity index (χ2n) is 10.5. The third-order valence-electron chi connectivity index (χ3n) is 8.61. The molecule has 7 heteroatoms. The first kappa shape index (κ1) is 25.0. The number of carbonyl (C=O) groups is 3. The Morgan fingerprint density at radius 2 is 1.59 bits per heavy atom. The summed E-state index contributed by atoms with van der Waals surface area (Å²) in [4.78, 5) is 45.5. The van der Waals surface area contributed by atoms with E-state index in [2.05, 4.69) is 5.32 Å². The molecule has 202 valence electrons. The highest BCUT2D eigenvalue weighted by Crippen LogP contribution is 2.58. The summed E-state index contributed by atoms with van der Waals surface area (Å²) < 4.78 is 20.5.